The van der Waals surface area contributed by atoms with Gasteiger partial charge < -0.3 is 29.2 Å². The van der Waals surface area contributed by atoms with Crippen molar-refractivity contribution in [1.82, 2.24) is 0 Å². The number of halogens is 11. The first-order valence-corrected chi connectivity index (χ1v) is 15.7. The van der Waals surface area contributed by atoms with Crippen molar-refractivity contribution >= 4 is 24.0 Å². The molecule has 7 rings (SSSR count). The van der Waals surface area contributed by atoms with Crippen LogP contribution in [0.4, 0.5) is 39.5 Å². The van der Waals surface area contributed by atoms with Crippen molar-refractivity contribution in [2.24, 2.45) is 0 Å². The Labute approximate surface area is 280 Å². The first kappa shape index (κ1) is 38.3. The van der Waals surface area contributed by atoms with Crippen LogP contribution < -0.4 is 24.8 Å². The van der Waals surface area contributed by atoms with E-state index in [2.05, 4.69) is 26.1 Å². The summed E-state index contributed by atoms with van der Waals surface area (Å²) in [6.07, 6.45) is -18.1. The fourth-order valence-corrected chi connectivity index (χ4v) is 10.9. The molecule has 0 N–H and O–H groups in total. The molecule has 3 aromatic carbocycles. The van der Waals surface area contributed by atoms with Crippen LogP contribution in [-0.4, -0.2) is 26.6 Å². The van der Waals surface area contributed by atoms with Gasteiger partial charge in [-0.15, -0.1) is 34.5 Å². The van der Waals surface area contributed by atoms with Crippen LogP contribution >= 0.6 is 0 Å². The molecule has 1 radical (unpaired) electrons. The zero-order chi connectivity index (χ0) is 30.3. The van der Waals surface area contributed by atoms with Crippen LogP contribution in [0, 0.1) is 6.92 Å². The van der Waals surface area contributed by atoms with E-state index in [9.17, 15) is 39.5 Å². The standard InChI is InChI=1S/C20H12F9.C10H12OSi.2ClH.Zr/c1-11-9-13-3-2-4-15(16(13)10-11)12-5-7-14(8-6-12)17(18(21,22)23,19(24,25)26)20(27,28)29;1-6-9-7-4-5-11-8(7)10(6)12(9,2)3;;;/h2-10H,1H3;4-5,9H,1-3H3;2*1H;/q-1;;;;+3/p-2. The SMILES string of the molecule is CC1=C2c3occc3C1[Si]2(C)C.Cc1cc2c(-c3ccc(C(C(F)(F)F)(C(F)(F)F)C(F)(F)F)cc3)cccc2[cH-]1.[Cl-].[Cl-].[Zr+3]. The van der Waals surface area contributed by atoms with Gasteiger partial charge in [0.2, 0.25) is 0 Å². The number of fused-ring (bicyclic) bond motifs is 1. The minimum atomic E-state index is -6.63. The Morgan fingerprint density at radius 2 is 1.32 bits per heavy atom. The smallest absolute Gasteiger partial charge is 1.00 e. The van der Waals surface area contributed by atoms with Crippen molar-refractivity contribution in [2.45, 2.75) is 56.4 Å². The number of hydrogen-bond donors (Lipinski definition) is 0. The van der Waals surface area contributed by atoms with E-state index in [0.717, 1.165) is 28.6 Å². The monoisotopic (exact) mass is 759 g/mol. The number of benzene rings is 2. The second kappa shape index (κ2) is 12.4. The maximum Gasteiger partial charge on any atom is 3.00 e. The van der Waals surface area contributed by atoms with Crippen molar-refractivity contribution in [3.05, 3.63) is 95.0 Å². The summed E-state index contributed by atoms with van der Waals surface area (Å²) in [6.45, 7) is 8.94. The fourth-order valence-electron chi connectivity index (χ4n) is 6.61. The van der Waals surface area contributed by atoms with Gasteiger partial charge >= 0.3 is 44.7 Å². The molecule has 1 atom stereocenters. The maximum absolute atomic E-state index is 13.2. The van der Waals surface area contributed by atoms with Crippen LogP contribution in [-0.2, 0) is 31.6 Å². The summed E-state index contributed by atoms with van der Waals surface area (Å²) >= 11 is 0. The molecule has 4 aromatic rings. The summed E-state index contributed by atoms with van der Waals surface area (Å²) < 4.78 is 125. The van der Waals surface area contributed by atoms with Gasteiger partial charge in [0.25, 0.3) is 5.41 Å². The van der Waals surface area contributed by atoms with Crippen LogP contribution in [0.25, 0.3) is 27.1 Å². The van der Waals surface area contributed by atoms with Gasteiger partial charge in [0.1, 0.15) is 5.76 Å². The van der Waals surface area contributed by atoms with Crippen molar-refractivity contribution in [3.8, 4) is 11.1 Å². The van der Waals surface area contributed by atoms with Gasteiger partial charge in [-0.1, -0.05) is 61.5 Å². The van der Waals surface area contributed by atoms with Crippen LogP contribution in [0.1, 0.15) is 34.9 Å². The molecule has 0 amide bonds. The molecule has 1 unspecified atom stereocenters. The molecule has 2 bridgehead atoms. The largest absolute Gasteiger partial charge is 3.00 e. The molecule has 1 aliphatic carbocycles. The van der Waals surface area contributed by atoms with Gasteiger partial charge in [0.15, 0.2) is 0 Å². The molecule has 0 fully saturated rings. The normalized spacial score (nSPS) is 17.0. The quantitative estimate of drug-likeness (QED) is 0.168. The molecule has 3 heterocycles. The Kier molecular flexibility index (Phi) is 10.8. The van der Waals surface area contributed by atoms with E-state index in [0.29, 0.717) is 10.9 Å². The minimum absolute atomic E-state index is 0. The van der Waals surface area contributed by atoms with E-state index in [-0.39, 0.29) is 68.7 Å². The van der Waals surface area contributed by atoms with Gasteiger partial charge in [0, 0.05) is 11.1 Å². The number of hydrogen-bond acceptors (Lipinski definition) is 1. The Balaban J connectivity index is 0.000000376. The summed E-state index contributed by atoms with van der Waals surface area (Å²) in [6, 6.07) is 12.9. The second-order valence-corrected chi connectivity index (χ2v) is 15.6. The first-order valence-electron chi connectivity index (χ1n) is 12.6. The van der Waals surface area contributed by atoms with Gasteiger partial charge in [-0.05, 0) is 29.3 Å². The van der Waals surface area contributed by atoms with Crippen molar-refractivity contribution in [2.75, 3.05) is 0 Å². The number of allylic oxidation sites excluding steroid dienone is 1. The van der Waals surface area contributed by atoms with E-state index in [1.54, 1.807) is 42.0 Å². The van der Waals surface area contributed by atoms with Gasteiger partial charge in [-0.25, -0.2) is 0 Å². The average Bonchev–Trinajstić information content (AvgIpc) is 3.53. The fraction of sp³-hybridized carbons (Fsp3) is 0.300. The number of aryl methyl sites for hydroxylation is 1. The third kappa shape index (κ3) is 5.56. The number of furan rings is 1. The van der Waals surface area contributed by atoms with Gasteiger partial charge in [0.05, 0.1) is 14.3 Å². The molecule has 235 valence electrons. The Bertz CT molecular complexity index is 1630. The Hall–Kier alpha value is -1.88. The van der Waals surface area contributed by atoms with E-state index in [1.165, 1.54) is 11.3 Å². The third-order valence-corrected chi connectivity index (χ3v) is 12.3. The zero-order valence-electron chi connectivity index (χ0n) is 23.5. The molecule has 3 aliphatic rings. The first-order chi connectivity index (χ1) is 18.8. The minimum Gasteiger partial charge on any atom is -1.00 e. The summed E-state index contributed by atoms with van der Waals surface area (Å²) in [5, 5.41) is 3.07. The van der Waals surface area contributed by atoms with E-state index < -0.39 is 37.6 Å². The van der Waals surface area contributed by atoms with Crippen LogP contribution in [0.15, 0.2) is 76.9 Å². The summed E-state index contributed by atoms with van der Waals surface area (Å²) in [4.78, 5) is 0. The molecule has 1 aromatic heterocycles. The number of alkyl halides is 9. The van der Waals surface area contributed by atoms with Crippen LogP contribution in [0.3, 0.4) is 0 Å². The Morgan fingerprint density at radius 1 is 0.773 bits per heavy atom. The summed E-state index contributed by atoms with van der Waals surface area (Å²) in [5.41, 5.74) is -2.51. The molecule has 0 saturated carbocycles. The van der Waals surface area contributed by atoms with Gasteiger partial charge in [-0.3, -0.25) is 0 Å². The van der Waals surface area contributed by atoms with E-state index >= 15 is 0 Å². The predicted molar refractivity (Wildman–Crippen MR) is 141 cm³/mol. The molecule has 0 saturated heterocycles. The maximum atomic E-state index is 13.2. The van der Waals surface area contributed by atoms with Crippen LogP contribution in [0.5, 0.6) is 0 Å². The van der Waals surface area contributed by atoms with Crippen molar-refractivity contribution < 1.29 is 94.9 Å². The summed E-state index contributed by atoms with van der Waals surface area (Å²) in [5.74, 6) is 1.22. The molecule has 0 spiro atoms. The molecule has 14 heteroatoms. The second-order valence-electron chi connectivity index (χ2n) is 11.1. The molecular weight excluding hydrogens is 738 g/mol. The Morgan fingerprint density at radius 3 is 1.80 bits per heavy atom. The van der Waals surface area contributed by atoms with Crippen LogP contribution in [0.2, 0.25) is 13.1 Å². The van der Waals surface area contributed by atoms with Crippen molar-refractivity contribution in [3.63, 3.8) is 0 Å². The third-order valence-electron chi connectivity index (χ3n) is 8.23. The predicted octanol–water partition coefficient (Wildman–Crippen LogP) is 4.42. The summed E-state index contributed by atoms with van der Waals surface area (Å²) in [7, 11) is -1.08. The number of rotatable bonds is 2. The van der Waals surface area contributed by atoms with E-state index in [4.69, 9.17) is 4.42 Å². The molecular formula is C30H24Cl2F9OSiZr. The molecule has 44 heavy (non-hydrogen) atoms. The zero-order valence-corrected chi connectivity index (χ0v) is 28.5. The molecule has 1 nitrogen and oxygen atoms in total. The topological polar surface area (TPSA) is 13.1 Å². The van der Waals surface area contributed by atoms with Gasteiger partial charge in [-0.2, -0.15) is 45.6 Å². The van der Waals surface area contributed by atoms with Crippen molar-refractivity contribution in [1.29, 1.82) is 0 Å². The van der Waals surface area contributed by atoms with E-state index in [1.807, 2.05) is 12.3 Å². The molecule has 2 aliphatic heterocycles. The average molecular weight is 762 g/mol.